The Bertz CT molecular complexity index is 274. The highest BCUT2D eigenvalue weighted by Gasteiger charge is 2.35. The molecule has 3 fully saturated rings. The summed E-state index contributed by atoms with van der Waals surface area (Å²) < 4.78 is 0. The maximum absolute atomic E-state index is 12.1. The van der Waals surface area contributed by atoms with Crippen molar-refractivity contribution >= 4 is 5.91 Å². The number of carbonyl (C=O) groups excluding carboxylic acids is 1. The first kappa shape index (κ1) is 11.5. The number of nitrogens with zero attached hydrogens (tertiary/aromatic N) is 2. The van der Waals surface area contributed by atoms with Gasteiger partial charge < -0.3 is 10.2 Å². The van der Waals surface area contributed by atoms with Crippen LogP contribution in [0.1, 0.15) is 25.7 Å². The van der Waals surface area contributed by atoms with E-state index < -0.39 is 0 Å². The van der Waals surface area contributed by atoms with Crippen molar-refractivity contribution in [3.63, 3.8) is 0 Å². The van der Waals surface area contributed by atoms with Crippen molar-refractivity contribution < 1.29 is 4.79 Å². The zero-order chi connectivity index (χ0) is 11.7. The molecule has 1 amide bonds. The number of hydrogen-bond acceptors (Lipinski definition) is 3. The van der Waals surface area contributed by atoms with Crippen LogP contribution < -0.4 is 5.32 Å². The van der Waals surface area contributed by atoms with Crippen molar-refractivity contribution in [1.29, 1.82) is 0 Å². The topological polar surface area (TPSA) is 35.6 Å². The summed E-state index contributed by atoms with van der Waals surface area (Å²) in [5, 5.41) is 3.59. The number of carbonyl (C=O) groups is 1. The fourth-order valence-electron chi connectivity index (χ4n) is 3.52. The second-order valence-electron chi connectivity index (χ2n) is 5.74. The van der Waals surface area contributed by atoms with Gasteiger partial charge in [0.25, 0.3) is 0 Å². The Morgan fingerprint density at radius 1 is 1.18 bits per heavy atom. The Morgan fingerprint density at radius 2 is 2.00 bits per heavy atom. The van der Waals surface area contributed by atoms with Gasteiger partial charge in [-0.25, -0.2) is 0 Å². The van der Waals surface area contributed by atoms with Gasteiger partial charge in [0.05, 0.1) is 6.54 Å². The highest BCUT2D eigenvalue weighted by molar-refractivity contribution is 5.78. The lowest BCUT2D eigenvalue weighted by Gasteiger charge is -2.24. The lowest BCUT2D eigenvalue weighted by Crippen LogP contribution is -2.41. The van der Waals surface area contributed by atoms with Crippen molar-refractivity contribution in [3.8, 4) is 0 Å². The van der Waals surface area contributed by atoms with Gasteiger partial charge in [0.1, 0.15) is 0 Å². The van der Waals surface area contributed by atoms with Crippen LogP contribution in [0.25, 0.3) is 0 Å². The Kier molecular flexibility index (Phi) is 3.34. The molecule has 3 aliphatic rings. The lowest BCUT2D eigenvalue weighted by molar-refractivity contribution is -0.131. The molecule has 0 unspecified atom stereocenters. The highest BCUT2D eigenvalue weighted by Crippen LogP contribution is 2.24. The van der Waals surface area contributed by atoms with E-state index in [4.69, 9.17) is 0 Å². The summed E-state index contributed by atoms with van der Waals surface area (Å²) in [4.78, 5) is 16.5. The number of nitrogens with one attached hydrogen (secondary N) is 1. The maximum Gasteiger partial charge on any atom is 0.236 e. The summed E-state index contributed by atoms with van der Waals surface area (Å²) in [6.45, 7) is 5.97. The van der Waals surface area contributed by atoms with E-state index in [2.05, 4.69) is 10.2 Å². The number of piperidine rings is 1. The molecule has 0 aromatic rings. The normalized spacial score (nSPS) is 34.0. The molecule has 0 spiro atoms. The monoisotopic (exact) mass is 237 g/mol. The summed E-state index contributed by atoms with van der Waals surface area (Å²) in [5.74, 6) is 1.14. The molecule has 0 saturated carbocycles. The quantitative estimate of drug-likeness (QED) is 0.750. The molecule has 3 aliphatic heterocycles. The molecule has 4 heteroatoms. The summed E-state index contributed by atoms with van der Waals surface area (Å²) >= 11 is 0. The summed E-state index contributed by atoms with van der Waals surface area (Å²) in [6, 6.07) is 0.648. The second kappa shape index (κ2) is 4.94. The third kappa shape index (κ3) is 2.47. The SMILES string of the molecule is O=C(CN1C[C@@H]2CCCN[C@@H]2C1)N1CCCC1. The summed E-state index contributed by atoms with van der Waals surface area (Å²) in [7, 11) is 0. The van der Waals surface area contributed by atoms with E-state index >= 15 is 0 Å². The molecular formula is C13H23N3O. The Morgan fingerprint density at radius 3 is 2.76 bits per heavy atom. The van der Waals surface area contributed by atoms with E-state index in [1.807, 2.05) is 4.90 Å². The van der Waals surface area contributed by atoms with Crippen LogP contribution in [0.4, 0.5) is 0 Å². The van der Waals surface area contributed by atoms with Crippen LogP contribution in [0.3, 0.4) is 0 Å². The molecular weight excluding hydrogens is 214 g/mol. The molecule has 3 heterocycles. The number of amides is 1. The molecule has 3 saturated heterocycles. The van der Waals surface area contributed by atoms with Gasteiger partial charge in [0.2, 0.25) is 5.91 Å². The Balaban J connectivity index is 1.50. The highest BCUT2D eigenvalue weighted by atomic mass is 16.2. The Labute approximate surface area is 103 Å². The number of hydrogen-bond donors (Lipinski definition) is 1. The van der Waals surface area contributed by atoms with Crippen molar-refractivity contribution in [1.82, 2.24) is 15.1 Å². The minimum Gasteiger partial charge on any atom is -0.342 e. The minimum atomic E-state index is 0.348. The number of likely N-dealkylation sites (tertiary alicyclic amines) is 2. The third-order valence-electron chi connectivity index (χ3n) is 4.49. The molecule has 3 rings (SSSR count). The first-order valence-corrected chi connectivity index (χ1v) is 7.06. The van der Waals surface area contributed by atoms with Gasteiger partial charge >= 0.3 is 0 Å². The average molecular weight is 237 g/mol. The van der Waals surface area contributed by atoms with Gasteiger partial charge in [-0.3, -0.25) is 9.69 Å². The molecule has 96 valence electrons. The smallest absolute Gasteiger partial charge is 0.236 e. The first-order chi connectivity index (χ1) is 8.33. The molecule has 0 radical (unpaired) electrons. The van der Waals surface area contributed by atoms with Crippen LogP contribution in [0.2, 0.25) is 0 Å². The molecule has 0 aromatic carbocycles. The van der Waals surface area contributed by atoms with Gasteiger partial charge in [-0.05, 0) is 38.1 Å². The van der Waals surface area contributed by atoms with Crippen LogP contribution in [0.5, 0.6) is 0 Å². The molecule has 0 bridgehead atoms. The van der Waals surface area contributed by atoms with Crippen LogP contribution in [-0.4, -0.2) is 61.0 Å². The van der Waals surface area contributed by atoms with Crippen molar-refractivity contribution in [2.24, 2.45) is 5.92 Å². The zero-order valence-electron chi connectivity index (χ0n) is 10.5. The lowest BCUT2D eigenvalue weighted by atomic mass is 9.94. The molecule has 1 N–H and O–H groups in total. The minimum absolute atomic E-state index is 0.348. The van der Waals surface area contributed by atoms with E-state index in [0.29, 0.717) is 18.5 Å². The third-order valence-corrected chi connectivity index (χ3v) is 4.49. The van der Waals surface area contributed by atoms with Crippen LogP contribution >= 0.6 is 0 Å². The van der Waals surface area contributed by atoms with Crippen molar-refractivity contribution in [3.05, 3.63) is 0 Å². The predicted molar refractivity (Wildman–Crippen MR) is 66.8 cm³/mol. The standard InChI is InChI=1S/C13H23N3O/c17-13(16-6-1-2-7-16)10-15-8-11-4-3-5-14-12(11)9-15/h11-12,14H,1-10H2/t11-,12+/m0/s1. The van der Waals surface area contributed by atoms with E-state index in [0.717, 1.165) is 38.6 Å². The van der Waals surface area contributed by atoms with Crippen LogP contribution in [0, 0.1) is 5.92 Å². The van der Waals surface area contributed by atoms with Gasteiger partial charge in [0, 0.05) is 32.2 Å². The van der Waals surface area contributed by atoms with Gasteiger partial charge in [0.15, 0.2) is 0 Å². The van der Waals surface area contributed by atoms with E-state index in [1.54, 1.807) is 0 Å². The van der Waals surface area contributed by atoms with Crippen molar-refractivity contribution in [2.75, 3.05) is 39.3 Å². The van der Waals surface area contributed by atoms with E-state index in [9.17, 15) is 4.79 Å². The summed E-state index contributed by atoms with van der Waals surface area (Å²) in [5.41, 5.74) is 0. The van der Waals surface area contributed by atoms with Crippen LogP contribution in [-0.2, 0) is 4.79 Å². The largest absolute Gasteiger partial charge is 0.342 e. The predicted octanol–water partition coefficient (Wildman–Crippen LogP) is 0.293. The van der Waals surface area contributed by atoms with Gasteiger partial charge in [-0.1, -0.05) is 0 Å². The van der Waals surface area contributed by atoms with Crippen molar-refractivity contribution in [2.45, 2.75) is 31.7 Å². The summed E-state index contributed by atoms with van der Waals surface area (Å²) in [6.07, 6.45) is 5.03. The average Bonchev–Trinajstić information content (AvgIpc) is 2.97. The zero-order valence-corrected chi connectivity index (χ0v) is 10.5. The fraction of sp³-hybridized carbons (Fsp3) is 0.923. The maximum atomic E-state index is 12.1. The van der Waals surface area contributed by atoms with Crippen LogP contribution in [0.15, 0.2) is 0 Å². The van der Waals surface area contributed by atoms with Gasteiger partial charge in [-0.2, -0.15) is 0 Å². The van der Waals surface area contributed by atoms with E-state index in [1.165, 1.54) is 25.7 Å². The molecule has 0 aromatic heterocycles. The Hall–Kier alpha value is -0.610. The van der Waals surface area contributed by atoms with Gasteiger partial charge in [-0.15, -0.1) is 0 Å². The molecule has 17 heavy (non-hydrogen) atoms. The number of rotatable bonds is 2. The van der Waals surface area contributed by atoms with E-state index in [-0.39, 0.29) is 0 Å². The molecule has 4 nitrogen and oxygen atoms in total. The number of fused-ring (bicyclic) bond motifs is 1. The fourth-order valence-corrected chi connectivity index (χ4v) is 3.52. The second-order valence-corrected chi connectivity index (χ2v) is 5.74. The molecule has 2 atom stereocenters. The first-order valence-electron chi connectivity index (χ1n) is 7.06. The molecule has 0 aliphatic carbocycles.